The van der Waals surface area contributed by atoms with Gasteiger partial charge in [0.2, 0.25) is 0 Å². The zero-order valence-electron chi connectivity index (χ0n) is 18.3. The highest BCUT2D eigenvalue weighted by molar-refractivity contribution is 7.99. The first-order valence-electron chi connectivity index (χ1n) is 10.6. The van der Waals surface area contributed by atoms with Gasteiger partial charge >= 0.3 is 17.8 Å². The van der Waals surface area contributed by atoms with Crippen molar-refractivity contribution >= 4 is 31.0 Å². The molecule has 1 fully saturated rings. The monoisotopic (exact) mass is 514 g/mol. The smallest absolute Gasteiger partial charge is 0.292 e. The number of nitriles is 1. The van der Waals surface area contributed by atoms with Crippen LogP contribution >= 0.6 is 20.0 Å². The van der Waals surface area contributed by atoms with E-state index in [1.165, 1.54) is 10.8 Å². The van der Waals surface area contributed by atoms with Gasteiger partial charge in [0.05, 0.1) is 34.4 Å². The van der Waals surface area contributed by atoms with Crippen LogP contribution in [0.15, 0.2) is 33.8 Å². The standard InChI is InChI=1S/C22H20F5N4OPS/c1-3-30-15-8-14(18-17(34-4-2)7-13(10-33-18)20(11-28)5-6-20)29-9-16(15)31(19(30)32)12-21(23,24)22(25,26)27/h7-10H,3-6,12H2,1-2H3. The molecule has 1 saturated carbocycles. The number of hydrogen-bond acceptors (Lipinski definition) is 4. The molecule has 34 heavy (non-hydrogen) atoms. The molecule has 0 radical (unpaired) electrons. The largest absolute Gasteiger partial charge is 0.455 e. The first-order valence-corrected chi connectivity index (χ1v) is 12.5. The minimum Gasteiger partial charge on any atom is -0.292 e. The molecule has 3 aromatic rings. The Labute approximate surface area is 197 Å². The maximum absolute atomic E-state index is 13.8. The van der Waals surface area contributed by atoms with Crippen molar-refractivity contribution in [2.45, 2.75) is 62.2 Å². The molecule has 5 nitrogen and oxygen atoms in total. The Hall–Kier alpha value is -2.44. The van der Waals surface area contributed by atoms with Crippen molar-refractivity contribution in [1.82, 2.24) is 14.1 Å². The van der Waals surface area contributed by atoms with Crippen molar-refractivity contribution in [3.05, 3.63) is 40.2 Å². The number of thioether (sulfide) groups is 1. The van der Waals surface area contributed by atoms with Crippen LogP contribution in [0.2, 0.25) is 0 Å². The van der Waals surface area contributed by atoms with E-state index in [1.54, 1.807) is 24.8 Å². The second kappa shape index (κ2) is 8.65. The number of pyridine rings is 1. The van der Waals surface area contributed by atoms with E-state index in [0.29, 0.717) is 10.3 Å². The van der Waals surface area contributed by atoms with Gasteiger partial charge in [-0.25, -0.2) is 4.79 Å². The van der Waals surface area contributed by atoms with E-state index in [1.807, 2.05) is 18.8 Å². The number of rotatable bonds is 7. The first-order chi connectivity index (χ1) is 16.0. The first kappa shape index (κ1) is 24.7. The Balaban J connectivity index is 1.84. The summed E-state index contributed by atoms with van der Waals surface area (Å²) >= 11 is 1.58. The van der Waals surface area contributed by atoms with Crippen LogP contribution in [0.25, 0.3) is 22.0 Å². The average molecular weight is 514 g/mol. The van der Waals surface area contributed by atoms with Crippen LogP contribution in [0, 0.1) is 11.3 Å². The van der Waals surface area contributed by atoms with Crippen molar-refractivity contribution in [3.63, 3.8) is 0 Å². The second-order valence-corrected chi connectivity index (χ2v) is 10.3. The zero-order valence-corrected chi connectivity index (χ0v) is 20.0. The molecular formula is C22H20F5N4OPS. The number of imidazole rings is 1. The quantitative estimate of drug-likeness (QED) is 0.273. The molecule has 1 aliphatic rings. The highest BCUT2D eigenvalue weighted by Crippen LogP contribution is 2.51. The lowest BCUT2D eigenvalue weighted by atomic mass is 10.0. The van der Waals surface area contributed by atoms with Crippen LogP contribution < -0.4 is 5.69 Å². The van der Waals surface area contributed by atoms with Crippen molar-refractivity contribution < 1.29 is 22.0 Å². The lowest BCUT2D eigenvalue weighted by molar-refractivity contribution is -0.286. The molecule has 0 spiro atoms. The Bertz CT molecular complexity index is 1350. The summed E-state index contributed by atoms with van der Waals surface area (Å²) < 4.78 is 67.5. The molecule has 0 N–H and O–H groups in total. The highest BCUT2D eigenvalue weighted by atomic mass is 32.2. The summed E-state index contributed by atoms with van der Waals surface area (Å²) in [6.45, 7) is 1.89. The molecule has 12 heteroatoms. The van der Waals surface area contributed by atoms with E-state index in [-0.39, 0.29) is 17.6 Å². The number of halogens is 5. The second-order valence-electron chi connectivity index (χ2n) is 8.07. The summed E-state index contributed by atoms with van der Waals surface area (Å²) in [5.74, 6) is -2.34. The molecule has 4 rings (SSSR count). The molecule has 0 atom stereocenters. The SMILES string of the molecule is CCSc1cc(C2(C#N)CC2)cpc1-c1cc2c(cn1)n(CC(F)(F)C(F)(F)F)c(=O)n2CC. The highest BCUT2D eigenvalue weighted by Gasteiger charge is 2.58. The molecular weight excluding hydrogens is 494 g/mol. The van der Waals surface area contributed by atoms with Gasteiger partial charge in [0.1, 0.15) is 6.54 Å². The number of fused-ring (bicyclic) bond motifs is 1. The minimum atomic E-state index is -5.78. The molecule has 0 amide bonds. The molecule has 0 bridgehead atoms. The molecule has 1 aliphatic carbocycles. The van der Waals surface area contributed by atoms with E-state index in [4.69, 9.17) is 0 Å². The van der Waals surface area contributed by atoms with Gasteiger partial charge in [0.25, 0.3) is 0 Å². The summed E-state index contributed by atoms with van der Waals surface area (Å²) in [6.07, 6.45) is -2.98. The van der Waals surface area contributed by atoms with Crippen LogP contribution in [0.5, 0.6) is 0 Å². The number of aryl methyl sites for hydroxylation is 1. The Kier molecular flexibility index (Phi) is 6.28. The van der Waals surface area contributed by atoms with Gasteiger partial charge in [-0.2, -0.15) is 27.2 Å². The summed E-state index contributed by atoms with van der Waals surface area (Å²) in [6, 6.07) is 5.92. The van der Waals surface area contributed by atoms with Gasteiger partial charge < -0.3 is 0 Å². The lowest BCUT2D eigenvalue weighted by Crippen LogP contribution is -2.42. The maximum atomic E-state index is 13.8. The molecule has 0 saturated heterocycles. The fourth-order valence-electron chi connectivity index (χ4n) is 3.84. The molecule has 0 aromatic carbocycles. The molecule has 0 aliphatic heterocycles. The zero-order chi connectivity index (χ0) is 24.9. The average Bonchev–Trinajstić information content (AvgIpc) is 3.54. The van der Waals surface area contributed by atoms with Crippen molar-refractivity contribution in [2.24, 2.45) is 0 Å². The van der Waals surface area contributed by atoms with Gasteiger partial charge in [-0.05, 0) is 49.0 Å². The van der Waals surface area contributed by atoms with E-state index < -0.39 is 29.7 Å². The van der Waals surface area contributed by atoms with Crippen molar-refractivity contribution in [1.29, 1.82) is 5.26 Å². The van der Waals surface area contributed by atoms with Gasteiger partial charge in [-0.3, -0.25) is 14.1 Å². The predicted octanol–water partition coefficient (Wildman–Crippen LogP) is 6.33. The number of aromatic nitrogens is 3. The van der Waals surface area contributed by atoms with Crippen molar-refractivity contribution in [2.75, 3.05) is 5.75 Å². The van der Waals surface area contributed by atoms with Gasteiger partial charge in [0, 0.05) is 16.7 Å². The topological polar surface area (TPSA) is 63.6 Å². The predicted molar refractivity (Wildman–Crippen MR) is 122 cm³/mol. The Morgan fingerprint density at radius 3 is 2.44 bits per heavy atom. The van der Waals surface area contributed by atoms with Gasteiger partial charge in [0.15, 0.2) is 0 Å². The van der Waals surface area contributed by atoms with Crippen LogP contribution in [0.4, 0.5) is 22.0 Å². The third-order valence-corrected chi connectivity index (χ3v) is 8.11. The molecule has 3 aromatic heterocycles. The lowest BCUT2D eigenvalue weighted by Gasteiger charge is -2.19. The van der Waals surface area contributed by atoms with Crippen LogP contribution in [0.1, 0.15) is 32.3 Å². The molecule has 180 valence electrons. The normalized spacial score (nSPS) is 15.7. The van der Waals surface area contributed by atoms with E-state index in [2.05, 4.69) is 11.1 Å². The van der Waals surface area contributed by atoms with Gasteiger partial charge in [-0.15, -0.1) is 11.8 Å². The van der Waals surface area contributed by atoms with Crippen LogP contribution in [-0.2, 0) is 18.5 Å². The summed E-state index contributed by atoms with van der Waals surface area (Å²) in [7, 11) is 0.796. The van der Waals surface area contributed by atoms with E-state index in [0.717, 1.165) is 42.5 Å². The third-order valence-electron chi connectivity index (χ3n) is 5.90. The summed E-state index contributed by atoms with van der Waals surface area (Å²) in [5, 5.41) is 10.4. The van der Waals surface area contributed by atoms with E-state index >= 15 is 0 Å². The third kappa shape index (κ3) is 4.11. The number of nitrogens with zero attached hydrogens (tertiary/aromatic N) is 4. The maximum Gasteiger partial charge on any atom is 0.455 e. The summed E-state index contributed by atoms with van der Waals surface area (Å²) in [4.78, 5) is 18.0. The number of hydrogen-bond donors (Lipinski definition) is 0. The van der Waals surface area contributed by atoms with Crippen LogP contribution in [0.3, 0.4) is 0 Å². The summed E-state index contributed by atoms with van der Waals surface area (Å²) in [5.41, 5.74) is 0.225. The fourth-order valence-corrected chi connectivity index (χ4v) is 5.99. The molecule has 0 unspecified atom stereocenters. The van der Waals surface area contributed by atoms with Gasteiger partial charge in [-0.1, -0.05) is 15.1 Å². The van der Waals surface area contributed by atoms with E-state index in [9.17, 15) is 32.0 Å². The Morgan fingerprint density at radius 1 is 1.18 bits per heavy atom. The van der Waals surface area contributed by atoms with Crippen LogP contribution in [-0.4, -0.2) is 32.0 Å². The number of alkyl halides is 5. The fraction of sp³-hybridized carbons (Fsp3) is 0.455. The van der Waals surface area contributed by atoms with Crippen molar-refractivity contribution in [3.8, 4) is 17.1 Å². The minimum absolute atomic E-state index is 0.0843. The Morgan fingerprint density at radius 2 is 1.88 bits per heavy atom. The molecule has 3 heterocycles.